The van der Waals surface area contributed by atoms with E-state index in [0.717, 1.165) is 7.11 Å². The van der Waals surface area contributed by atoms with Crippen molar-refractivity contribution in [2.24, 2.45) is 0 Å². The summed E-state index contributed by atoms with van der Waals surface area (Å²) < 4.78 is 16.5. The minimum absolute atomic E-state index is 0.0751. The van der Waals surface area contributed by atoms with Crippen LogP contribution in [0.3, 0.4) is 0 Å². The van der Waals surface area contributed by atoms with Crippen LogP contribution >= 0.6 is 0 Å². The second-order valence-electron chi connectivity index (χ2n) is 8.41. The molecule has 204 valence electrons. The molecule has 0 aromatic heterocycles. The van der Waals surface area contributed by atoms with Gasteiger partial charge in [0.25, 0.3) is 11.4 Å². The van der Waals surface area contributed by atoms with Crippen molar-refractivity contribution >= 4 is 35.1 Å². The quantitative estimate of drug-likeness (QED) is 0.221. The van der Waals surface area contributed by atoms with Crippen LogP contribution in [-0.4, -0.2) is 42.2 Å². The number of benzene rings is 3. The SMILES string of the molecule is COC(=O)C1=C(C(=O)OC)N(c2ccccc2)[C@H](/C=C/c2ccc([N+](=O)[O-])cc2)O[C@H]1c1ccc([N+](=O)[O-])cc1. The minimum atomic E-state index is -1.17. The normalized spacial score (nSPS) is 17.0. The van der Waals surface area contributed by atoms with E-state index in [1.54, 1.807) is 54.6 Å². The number of nitro benzene ring substituents is 2. The van der Waals surface area contributed by atoms with Crippen LogP contribution in [0.4, 0.5) is 17.1 Å². The van der Waals surface area contributed by atoms with E-state index in [4.69, 9.17) is 14.2 Å². The molecule has 0 aliphatic carbocycles. The molecule has 12 heteroatoms. The van der Waals surface area contributed by atoms with Crippen molar-refractivity contribution in [3.63, 3.8) is 0 Å². The first kappa shape index (κ1) is 27.7. The molecule has 3 aromatic carbocycles. The Bertz CT molecular complexity index is 1480. The van der Waals surface area contributed by atoms with E-state index >= 15 is 0 Å². The molecular weight excluding hydrogens is 522 g/mol. The molecule has 0 saturated carbocycles. The lowest BCUT2D eigenvalue weighted by Crippen LogP contribution is -2.46. The van der Waals surface area contributed by atoms with Gasteiger partial charge >= 0.3 is 11.9 Å². The molecule has 40 heavy (non-hydrogen) atoms. The molecule has 0 spiro atoms. The fourth-order valence-corrected chi connectivity index (χ4v) is 4.18. The standard InChI is InChI=1S/C28H23N3O9/c1-38-27(32)24-25(28(33)39-2)29(20-6-4-3-5-7-20)23(17-10-18-8-13-21(14-9-18)30(34)35)40-26(24)19-11-15-22(16-12-19)31(36)37/h3-17,23,26H,1-2H3/b17-10+/t23-,26-/m0/s1. The van der Waals surface area contributed by atoms with Crippen molar-refractivity contribution in [2.75, 3.05) is 19.1 Å². The fourth-order valence-electron chi connectivity index (χ4n) is 4.18. The first-order valence-electron chi connectivity index (χ1n) is 11.8. The van der Waals surface area contributed by atoms with E-state index in [1.165, 1.54) is 48.4 Å². The summed E-state index contributed by atoms with van der Waals surface area (Å²) >= 11 is 0. The zero-order valence-electron chi connectivity index (χ0n) is 21.3. The summed E-state index contributed by atoms with van der Waals surface area (Å²) in [6, 6.07) is 19.8. The van der Waals surface area contributed by atoms with Gasteiger partial charge in [0.2, 0.25) is 0 Å². The minimum Gasteiger partial charge on any atom is -0.466 e. The van der Waals surface area contributed by atoms with Crippen molar-refractivity contribution in [3.8, 4) is 0 Å². The maximum Gasteiger partial charge on any atom is 0.355 e. The molecule has 3 aromatic rings. The third-order valence-corrected chi connectivity index (χ3v) is 6.07. The molecule has 0 N–H and O–H groups in total. The molecule has 1 heterocycles. The van der Waals surface area contributed by atoms with Crippen LogP contribution in [0.1, 0.15) is 17.2 Å². The predicted octanol–water partition coefficient (Wildman–Crippen LogP) is 4.72. The van der Waals surface area contributed by atoms with Crippen LogP contribution in [0.15, 0.2) is 96.2 Å². The highest BCUT2D eigenvalue weighted by molar-refractivity contribution is 6.04. The van der Waals surface area contributed by atoms with Gasteiger partial charge in [-0.1, -0.05) is 24.3 Å². The van der Waals surface area contributed by atoms with Crippen LogP contribution in [0.25, 0.3) is 6.08 Å². The Labute approximate surface area is 228 Å². The first-order chi connectivity index (χ1) is 19.2. The second kappa shape index (κ2) is 12.0. The summed E-state index contributed by atoms with van der Waals surface area (Å²) in [5.41, 5.74) is 0.904. The van der Waals surface area contributed by atoms with Gasteiger partial charge in [0.05, 0.1) is 24.1 Å². The lowest BCUT2D eigenvalue weighted by atomic mass is 9.96. The fraction of sp³-hybridized carbons (Fsp3) is 0.143. The molecule has 0 amide bonds. The number of ether oxygens (including phenoxy) is 3. The number of hydrogen-bond acceptors (Lipinski definition) is 10. The number of non-ortho nitro benzene ring substituents is 2. The lowest BCUT2D eigenvalue weighted by molar-refractivity contribution is -0.385. The molecule has 1 aliphatic rings. The van der Waals surface area contributed by atoms with Crippen molar-refractivity contribution in [3.05, 3.63) is 128 Å². The molecule has 0 saturated heterocycles. The summed E-state index contributed by atoms with van der Waals surface area (Å²) in [4.78, 5) is 49.0. The van der Waals surface area contributed by atoms with E-state index in [0.29, 0.717) is 16.8 Å². The van der Waals surface area contributed by atoms with Crippen molar-refractivity contribution in [2.45, 2.75) is 12.3 Å². The topological polar surface area (TPSA) is 151 Å². The highest BCUT2D eigenvalue weighted by Gasteiger charge is 2.43. The van der Waals surface area contributed by atoms with E-state index in [1.807, 2.05) is 0 Å². The Morgan fingerprint density at radius 2 is 1.38 bits per heavy atom. The highest BCUT2D eigenvalue weighted by atomic mass is 16.6. The molecule has 12 nitrogen and oxygen atoms in total. The van der Waals surface area contributed by atoms with E-state index in [-0.39, 0.29) is 22.6 Å². The summed E-state index contributed by atoms with van der Waals surface area (Å²) in [5.74, 6) is -1.70. The number of anilines is 1. The average Bonchev–Trinajstić information content (AvgIpc) is 2.99. The van der Waals surface area contributed by atoms with Crippen LogP contribution in [-0.2, 0) is 23.8 Å². The van der Waals surface area contributed by atoms with Gasteiger partial charge in [-0.2, -0.15) is 0 Å². The maximum atomic E-state index is 13.3. The summed E-state index contributed by atoms with van der Waals surface area (Å²) in [5, 5.41) is 22.2. The molecule has 4 rings (SSSR count). The Kier molecular flexibility index (Phi) is 8.30. The van der Waals surface area contributed by atoms with Gasteiger partial charge in [0, 0.05) is 30.0 Å². The predicted molar refractivity (Wildman–Crippen MR) is 143 cm³/mol. The third kappa shape index (κ3) is 5.71. The Balaban J connectivity index is 1.90. The van der Waals surface area contributed by atoms with Crippen molar-refractivity contribution < 1.29 is 33.6 Å². The van der Waals surface area contributed by atoms with Gasteiger partial charge in [-0.3, -0.25) is 20.2 Å². The highest BCUT2D eigenvalue weighted by Crippen LogP contribution is 2.41. The lowest BCUT2D eigenvalue weighted by Gasteiger charge is -2.41. The van der Waals surface area contributed by atoms with Crippen LogP contribution < -0.4 is 4.90 Å². The van der Waals surface area contributed by atoms with E-state index < -0.39 is 34.1 Å². The number of para-hydroxylation sites is 1. The number of carbonyl (C=O) groups excluding carboxylic acids is 2. The van der Waals surface area contributed by atoms with Gasteiger partial charge in [0.15, 0.2) is 6.23 Å². The van der Waals surface area contributed by atoms with Gasteiger partial charge in [-0.15, -0.1) is 0 Å². The van der Waals surface area contributed by atoms with Crippen molar-refractivity contribution in [1.29, 1.82) is 0 Å². The van der Waals surface area contributed by atoms with Gasteiger partial charge in [-0.25, -0.2) is 9.59 Å². The average molecular weight is 546 g/mol. The molecule has 0 radical (unpaired) electrons. The molecular formula is C28H23N3O9. The number of rotatable bonds is 8. The van der Waals surface area contributed by atoms with Gasteiger partial charge < -0.3 is 19.1 Å². The maximum absolute atomic E-state index is 13.3. The van der Waals surface area contributed by atoms with E-state index in [2.05, 4.69) is 0 Å². The van der Waals surface area contributed by atoms with Gasteiger partial charge in [0.1, 0.15) is 17.4 Å². The number of nitro groups is 2. The van der Waals surface area contributed by atoms with Gasteiger partial charge in [-0.05, 0) is 53.6 Å². The van der Waals surface area contributed by atoms with Crippen LogP contribution in [0.5, 0.6) is 0 Å². The van der Waals surface area contributed by atoms with E-state index in [9.17, 15) is 29.8 Å². The first-order valence-corrected chi connectivity index (χ1v) is 11.8. The monoisotopic (exact) mass is 545 g/mol. The second-order valence-corrected chi connectivity index (χ2v) is 8.41. The number of nitrogens with zero attached hydrogens (tertiary/aromatic N) is 3. The summed E-state index contributed by atoms with van der Waals surface area (Å²) in [7, 11) is 2.33. The number of carbonyl (C=O) groups is 2. The number of esters is 2. The molecule has 2 atom stereocenters. The van der Waals surface area contributed by atoms with Crippen LogP contribution in [0, 0.1) is 20.2 Å². The smallest absolute Gasteiger partial charge is 0.355 e. The number of hydrogen-bond donors (Lipinski definition) is 0. The third-order valence-electron chi connectivity index (χ3n) is 6.07. The summed E-state index contributed by atoms with van der Waals surface area (Å²) in [6.45, 7) is 0. The molecule has 0 bridgehead atoms. The zero-order chi connectivity index (χ0) is 28.8. The largest absolute Gasteiger partial charge is 0.466 e. The Morgan fingerprint density at radius 1 is 0.825 bits per heavy atom. The molecule has 1 aliphatic heterocycles. The molecule has 0 fully saturated rings. The number of methoxy groups -OCH3 is 2. The molecule has 0 unspecified atom stereocenters. The summed E-state index contributed by atoms with van der Waals surface area (Å²) in [6.07, 6.45) is 1.09. The zero-order valence-corrected chi connectivity index (χ0v) is 21.3. The Hall–Kier alpha value is -5.36. The van der Waals surface area contributed by atoms with Crippen LogP contribution in [0.2, 0.25) is 0 Å². The van der Waals surface area contributed by atoms with Crippen molar-refractivity contribution in [1.82, 2.24) is 0 Å². The Morgan fingerprint density at radius 3 is 1.90 bits per heavy atom.